The van der Waals surface area contributed by atoms with Crippen LogP contribution in [-0.2, 0) is 21.9 Å². The van der Waals surface area contributed by atoms with Crippen molar-refractivity contribution in [1.29, 1.82) is 5.26 Å². The Bertz CT molecular complexity index is 1150. The average Bonchev–Trinajstić information content (AvgIpc) is 2.98. The molecule has 2 amide bonds. The summed E-state index contributed by atoms with van der Waals surface area (Å²) in [6.07, 6.45) is -10.1. The number of nitriles is 1. The summed E-state index contributed by atoms with van der Waals surface area (Å²) in [5.41, 5.74) is -6.33. The van der Waals surface area contributed by atoms with Crippen LogP contribution in [0.25, 0.3) is 5.69 Å². The van der Waals surface area contributed by atoms with Crippen LogP contribution < -0.4 is 4.90 Å². The molecule has 0 fully saturated rings. The van der Waals surface area contributed by atoms with Gasteiger partial charge in [-0.2, -0.15) is 36.7 Å². The summed E-state index contributed by atoms with van der Waals surface area (Å²) < 4.78 is 80.4. The van der Waals surface area contributed by atoms with E-state index in [0.29, 0.717) is 12.1 Å². The summed E-state index contributed by atoms with van der Waals surface area (Å²) in [7, 11) is 0. The molecule has 33 heavy (non-hydrogen) atoms. The van der Waals surface area contributed by atoms with E-state index in [1.165, 1.54) is 26.8 Å². The highest BCUT2D eigenvalue weighted by atomic mass is 35.5. The standard InChI is InChI=1S/C19H14Cl2F6N4O2/c1-8(32)30(16(33)17(2,3)4)15-10(7-28)14(19(25,26)27)29-31(15)13-11(20)5-9(6-12(13)21)18(22,23)24/h5-6H,1-4H3. The van der Waals surface area contributed by atoms with E-state index in [9.17, 15) is 41.2 Å². The molecule has 0 spiro atoms. The molecule has 6 nitrogen and oxygen atoms in total. The first-order valence-corrected chi connectivity index (χ1v) is 9.60. The van der Waals surface area contributed by atoms with Crippen LogP contribution >= 0.6 is 23.2 Å². The largest absolute Gasteiger partial charge is 0.436 e. The van der Waals surface area contributed by atoms with E-state index in [4.69, 9.17) is 23.2 Å². The molecule has 0 aliphatic rings. The minimum Gasteiger partial charge on any atom is -0.274 e. The third-order valence-electron chi connectivity index (χ3n) is 4.17. The molecule has 0 unspecified atom stereocenters. The number of aromatic nitrogens is 2. The first-order chi connectivity index (χ1) is 14.8. The second-order valence-electron chi connectivity index (χ2n) is 7.76. The highest BCUT2D eigenvalue weighted by molar-refractivity contribution is 6.38. The summed E-state index contributed by atoms with van der Waals surface area (Å²) in [6, 6.07) is 2.03. The number of hydrogen-bond donors (Lipinski definition) is 0. The molecule has 0 N–H and O–H groups in total. The highest BCUT2D eigenvalue weighted by Crippen LogP contribution is 2.43. The second kappa shape index (κ2) is 8.53. The number of carbonyl (C=O) groups is 2. The second-order valence-corrected chi connectivity index (χ2v) is 8.58. The number of alkyl halides is 6. The molecule has 0 bridgehead atoms. The lowest BCUT2D eigenvalue weighted by molar-refractivity contribution is -0.141. The minimum atomic E-state index is -5.23. The van der Waals surface area contributed by atoms with Crippen molar-refractivity contribution in [3.63, 3.8) is 0 Å². The number of nitrogens with zero attached hydrogens (tertiary/aromatic N) is 4. The van der Waals surface area contributed by atoms with E-state index >= 15 is 0 Å². The topological polar surface area (TPSA) is 79.0 Å². The zero-order valence-corrected chi connectivity index (χ0v) is 18.8. The van der Waals surface area contributed by atoms with Crippen LogP contribution in [0.4, 0.5) is 32.2 Å². The molecule has 0 saturated carbocycles. The molecule has 0 radical (unpaired) electrons. The van der Waals surface area contributed by atoms with Gasteiger partial charge >= 0.3 is 12.4 Å². The summed E-state index contributed by atoms with van der Waals surface area (Å²) in [4.78, 5) is 25.6. The maximum Gasteiger partial charge on any atom is 0.436 e. The molecule has 14 heteroatoms. The van der Waals surface area contributed by atoms with E-state index in [2.05, 4.69) is 5.10 Å². The van der Waals surface area contributed by atoms with Gasteiger partial charge in [0.25, 0.3) is 0 Å². The Morgan fingerprint density at radius 1 is 1.03 bits per heavy atom. The van der Waals surface area contributed by atoms with Crippen LogP contribution in [0.3, 0.4) is 0 Å². The van der Waals surface area contributed by atoms with Crippen LogP contribution in [0.5, 0.6) is 0 Å². The first kappa shape index (κ1) is 26.5. The van der Waals surface area contributed by atoms with E-state index in [0.717, 1.165) is 6.92 Å². The van der Waals surface area contributed by atoms with Gasteiger partial charge in [-0.15, -0.1) is 0 Å². The number of halogens is 8. The van der Waals surface area contributed by atoms with Gasteiger partial charge in [0.05, 0.1) is 15.6 Å². The van der Waals surface area contributed by atoms with E-state index < -0.39 is 68.0 Å². The van der Waals surface area contributed by atoms with Crippen molar-refractivity contribution in [2.75, 3.05) is 4.90 Å². The molecule has 178 valence electrons. The van der Waals surface area contributed by atoms with Crippen LogP contribution in [0.15, 0.2) is 12.1 Å². The van der Waals surface area contributed by atoms with Gasteiger partial charge in [0.1, 0.15) is 17.3 Å². The molecule has 0 aliphatic heterocycles. The van der Waals surface area contributed by atoms with Crippen molar-refractivity contribution in [2.45, 2.75) is 40.0 Å². The van der Waals surface area contributed by atoms with Crippen LogP contribution in [0.1, 0.15) is 44.5 Å². The molecule has 2 rings (SSSR count). The van der Waals surface area contributed by atoms with E-state index in [1.807, 2.05) is 0 Å². The van der Waals surface area contributed by atoms with E-state index in [1.54, 1.807) is 0 Å². The van der Waals surface area contributed by atoms with Gasteiger partial charge < -0.3 is 0 Å². The summed E-state index contributed by atoms with van der Waals surface area (Å²) in [6.45, 7) is 4.94. The average molecular weight is 515 g/mol. The smallest absolute Gasteiger partial charge is 0.274 e. The Kier molecular flexibility index (Phi) is 6.85. The Balaban J connectivity index is 3.05. The lowest BCUT2D eigenvalue weighted by atomic mass is 9.94. The minimum absolute atomic E-state index is 0.275. The van der Waals surface area contributed by atoms with Gasteiger partial charge in [-0.05, 0) is 12.1 Å². The Hall–Kier alpha value is -2.78. The predicted octanol–water partition coefficient (Wildman–Crippen LogP) is 6.01. The van der Waals surface area contributed by atoms with Crippen LogP contribution in [0, 0.1) is 16.7 Å². The molecule has 1 heterocycles. The van der Waals surface area contributed by atoms with Crippen LogP contribution in [0.2, 0.25) is 10.0 Å². The highest BCUT2D eigenvalue weighted by Gasteiger charge is 2.44. The fourth-order valence-corrected chi connectivity index (χ4v) is 3.38. The fraction of sp³-hybridized carbons (Fsp3) is 0.368. The number of amides is 2. The van der Waals surface area contributed by atoms with Crippen molar-refractivity contribution >= 4 is 40.8 Å². The lowest BCUT2D eigenvalue weighted by Gasteiger charge is -2.28. The molecule has 0 saturated heterocycles. The van der Waals surface area contributed by atoms with Crippen molar-refractivity contribution in [1.82, 2.24) is 9.78 Å². The molecule has 2 aromatic rings. The zero-order chi connectivity index (χ0) is 25.7. The Morgan fingerprint density at radius 3 is 1.85 bits per heavy atom. The van der Waals surface area contributed by atoms with Crippen molar-refractivity contribution in [3.05, 3.63) is 39.0 Å². The monoisotopic (exact) mass is 514 g/mol. The van der Waals surface area contributed by atoms with Gasteiger partial charge in [-0.1, -0.05) is 44.0 Å². The fourth-order valence-electron chi connectivity index (χ4n) is 2.73. The predicted molar refractivity (Wildman–Crippen MR) is 106 cm³/mol. The molecule has 1 aromatic heterocycles. The van der Waals surface area contributed by atoms with E-state index in [-0.39, 0.29) is 9.58 Å². The summed E-state index contributed by atoms with van der Waals surface area (Å²) in [5, 5.41) is 11.2. The Morgan fingerprint density at radius 2 is 1.52 bits per heavy atom. The zero-order valence-electron chi connectivity index (χ0n) is 17.3. The Labute approximate surface area is 193 Å². The first-order valence-electron chi connectivity index (χ1n) is 8.84. The third-order valence-corrected chi connectivity index (χ3v) is 4.74. The van der Waals surface area contributed by atoms with Gasteiger partial charge in [0, 0.05) is 12.3 Å². The van der Waals surface area contributed by atoms with Gasteiger partial charge in [-0.3, -0.25) is 9.59 Å². The van der Waals surface area contributed by atoms with Crippen molar-refractivity contribution in [3.8, 4) is 11.8 Å². The molecular weight excluding hydrogens is 501 g/mol. The number of rotatable bonds is 2. The number of carbonyl (C=O) groups excluding carboxylic acids is 2. The quantitative estimate of drug-likeness (QED) is 0.459. The number of anilines is 1. The van der Waals surface area contributed by atoms with Crippen LogP contribution in [-0.4, -0.2) is 21.6 Å². The number of hydrogen-bond acceptors (Lipinski definition) is 4. The number of benzene rings is 1. The maximum atomic E-state index is 13.6. The molecule has 0 atom stereocenters. The molecular formula is C19H14Cl2F6N4O2. The van der Waals surface area contributed by atoms with Gasteiger partial charge in [0.15, 0.2) is 11.5 Å². The van der Waals surface area contributed by atoms with Crippen molar-refractivity contribution < 1.29 is 35.9 Å². The van der Waals surface area contributed by atoms with Gasteiger partial charge in [0.2, 0.25) is 11.8 Å². The molecule has 1 aromatic carbocycles. The van der Waals surface area contributed by atoms with Gasteiger partial charge in [-0.25, -0.2) is 9.58 Å². The normalized spacial score (nSPS) is 12.5. The maximum absolute atomic E-state index is 13.6. The lowest BCUT2D eigenvalue weighted by Crippen LogP contribution is -2.44. The van der Waals surface area contributed by atoms with Crippen molar-refractivity contribution in [2.24, 2.45) is 5.41 Å². The summed E-state index contributed by atoms with van der Waals surface area (Å²) >= 11 is 11.8. The third kappa shape index (κ3) is 5.09. The summed E-state index contributed by atoms with van der Waals surface area (Å²) in [5.74, 6) is -3.05. The SMILES string of the molecule is CC(=O)N(C(=O)C(C)(C)C)c1c(C#N)c(C(F)(F)F)nn1-c1c(Cl)cc(C(F)(F)F)cc1Cl. The number of imide groups is 1. The molecule has 0 aliphatic carbocycles.